The van der Waals surface area contributed by atoms with Crippen molar-refractivity contribution in [3.63, 3.8) is 0 Å². The lowest BCUT2D eigenvalue weighted by atomic mass is 10.0. The summed E-state index contributed by atoms with van der Waals surface area (Å²) in [6.45, 7) is 4.49. The number of hydrogen-bond acceptors (Lipinski definition) is 7. The number of carbonyl (C=O) groups is 2. The molecule has 28 heavy (non-hydrogen) atoms. The van der Waals surface area contributed by atoms with E-state index in [9.17, 15) is 31.2 Å². The minimum absolute atomic E-state index is 0.0672. The predicted molar refractivity (Wildman–Crippen MR) is 94.4 cm³/mol. The molecule has 1 fully saturated rings. The Hall–Kier alpha value is -2.02. The van der Waals surface area contributed by atoms with E-state index in [2.05, 4.69) is 4.74 Å². The quantitative estimate of drug-likeness (QED) is 0.688. The van der Waals surface area contributed by atoms with Crippen LogP contribution in [0.3, 0.4) is 0 Å². The van der Waals surface area contributed by atoms with Crippen LogP contribution in [0.1, 0.15) is 32.1 Å². The van der Waals surface area contributed by atoms with Gasteiger partial charge in [-0.15, -0.1) is 11.3 Å². The van der Waals surface area contributed by atoms with Crippen LogP contribution in [0.25, 0.3) is 0 Å². The molecule has 0 aliphatic carbocycles. The first-order valence-corrected chi connectivity index (χ1v) is 10.4. The van der Waals surface area contributed by atoms with Crippen molar-refractivity contribution >= 4 is 39.2 Å². The molecule has 0 aromatic carbocycles. The highest BCUT2D eigenvalue weighted by Crippen LogP contribution is 2.37. The van der Waals surface area contributed by atoms with E-state index in [1.165, 1.54) is 17.2 Å². The lowest BCUT2D eigenvalue weighted by Crippen LogP contribution is -2.47. The third kappa shape index (κ3) is 4.51. The van der Waals surface area contributed by atoms with Crippen LogP contribution in [0.15, 0.2) is 11.4 Å². The minimum atomic E-state index is -6.05. The first kappa shape index (κ1) is 22.3. The molecule has 0 unspecified atom stereocenters. The Balaban J connectivity index is 2.39. The second kappa shape index (κ2) is 7.78. The topological polar surface area (TPSA) is 93.2 Å². The van der Waals surface area contributed by atoms with Gasteiger partial charge in [-0.25, -0.2) is 9.59 Å². The predicted octanol–water partition coefficient (Wildman–Crippen LogP) is 3.68. The fourth-order valence-electron chi connectivity index (χ4n) is 2.41. The summed E-state index contributed by atoms with van der Waals surface area (Å²) in [5.41, 5.74) is -6.91. The molecule has 1 aromatic rings. The van der Waals surface area contributed by atoms with E-state index in [1.54, 1.807) is 13.8 Å². The number of amides is 2. The Labute approximate surface area is 163 Å². The third-order valence-electron chi connectivity index (χ3n) is 3.85. The van der Waals surface area contributed by atoms with E-state index in [0.717, 1.165) is 17.4 Å². The second-order valence-corrected chi connectivity index (χ2v) is 9.22. The SMILES string of the molecule is CCOC(=O)N(c1ccsc1CN1CCC(C)(C)OC1=O)S(=O)(=O)C(F)(F)F. The minimum Gasteiger partial charge on any atom is -0.449 e. The molecule has 0 spiro atoms. The molecule has 8 nitrogen and oxygen atoms in total. The Morgan fingerprint density at radius 1 is 1.43 bits per heavy atom. The average molecular weight is 444 g/mol. The van der Waals surface area contributed by atoms with Gasteiger partial charge in [-0.3, -0.25) is 0 Å². The molecule has 0 atom stereocenters. The summed E-state index contributed by atoms with van der Waals surface area (Å²) in [5.74, 6) is 0. The summed E-state index contributed by atoms with van der Waals surface area (Å²) in [5, 5.41) is 1.32. The molecule has 1 saturated heterocycles. The summed E-state index contributed by atoms with van der Waals surface area (Å²) in [7, 11) is -6.05. The molecule has 0 saturated carbocycles. The van der Waals surface area contributed by atoms with E-state index < -0.39 is 43.3 Å². The maximum Gasteiger partial charge on any atom is 0.517 e. The number of carbonyl (C=O) groups excluding carboxylic acids is 2. The maximum absolute atomic E-state index is 13.1. The number of anilines is 1. The number of ether oxygens (including phenoxy) is 2. The normalized spacial score (nSPS) is 17.2. The van der Waals surface area contributed by atoms with Crippen LogP contribution in [-0.2, 0) is 26.0 Å². The van der Waals surface area contributed by atoms with Gasteiger partial charge in [0.15, 0.2) is 0 Å². The van der Waals surface area contributed by atoms with Crippen molar-refractivity contribution in [2.75, 3.05) is 17.5 Å². The smallest absolute Gasteiger partial charge is 0.449 e. The number of sulfonamides is 1. The molecular formula is C15H19F3N2O6S2. The van der Waals surface area contributed by atoms with Gasteiger partial charge in [0.2, 0.25) is 0 Å². The maximum atomic E-state index is 13.1. The molecule has 0 radical (unpaired) electrons. The summed E-state index contributed by atoms with van der Waals surface area (Å²) in [6.07, 6.45) is -1.89. The van der Waals surface area contributed by atoms with E-state index >= 15 is 0 Å². The number of halogens is 3. The number of cyclic esters (lactones) is 1. The van der Waals surface area contributed by atoms with Crippen molar-refractivity contribution in [2.24, 2.45) is 0 Å². The number of nitrogens with zero attached hydrogens (tertiary/aromatic N) is 2. The fraction of sp³-hybridized carbons (Fsp3) is 0.600. The molecule has 2 amide bonds. The molecule has 2 rings (SSSR count). The lowest BCUT2D eigenvalue weighted by molar-refractivity contribution is -0.0439. The highest BCUT2D eigenvalue weighted by atomic mass is 32.2. The van der Waals surface area contributed by atoms with Crippen LogP contribution in [0, 0.1) is 0 Å². The summed E-state index contributed by atoms with van der Waals surface area (Å²) in [6, 6.07) is 1.05. The number of alkyl halides is 3. The van der Waals surface area contributed by atoms with Crippen molar-refractivity contribution in [3.05, 3.63) is 16.3 Å². The van der Waals surface area contributed by atoms with Gasteiger partial charge < -0.3 is 14.4 Å². The van der Waals surface area contributed by atoms with Gasteiger partial charge in [0.1, 0.15) is 5.60 Å². The van der Waals surface area contributed by atoms with Gasteiger partial charge >= 0.3 is 27.7 Å². The zero-order valence-corrected chi connectivity index (χ0v) is 16.9. The van der Waals surface area contributed by atoms with Crippen molar-refractivity contribution < 1.29 is 40.7 Å². The molecular weight excluding hydrogens is 425 g/mol. The molecule has 0 N–H and O–H groups in total. The zero-order chi connectivity index (χ0) is 21.3. The molecule has 1 aromatic heterocycles. The molecule has 0 bridgehead atoms. The average Bonchev–Trinajstić information content (AvgIpc) is 2.96. The first-order valence-electron chi connectivity index (χ1n) is 8.13. The Bertz CT molecular complexity index is 850. The van der Waals surface area contributed by atoms with Gasteiger partial charge in [-0.1, -0.05) is 0 Å². The first-order chi connectivity index (χ1) is 12.8. The molecule has 13 heteroatoms. The molecule has 1 aliphatic heterocycles. The highest BCUT2D eigenvalue weighted by molar-refractivity contribution is 7.94. The monoisotopic (exact) mass is 444 g/mol. The van der Waals surface area contributed by atoms with Gasteiger partial charge in [0.05, 0.1) is 18.8 Å². The zero-order valence-electron chi connectivity index (χ0n) is 15.3. The fourth-order valence-corrected chi connectivity index (χ4v) is 4.22. The van der Waals surface area contributed by atoms with Gasteiger partial charge in [0, 0.05) is 17.8 Å². The lowest BCUT2D eigenvalue weighted by Gasteiger charge is -2.36. The van der Waals surface area contributed by atoms with Gasteiger partial charge in [-0.05, 0) is 32.2 Å². The van der Waals surface area contributed by atoms with Crippen LogP contribution in [0.4, 0.5) is 28.4 Å². The van der Waals surface area contributed by atoms with Crippen molar-refractivity contribution in [1.29, 1.82) is 0 Å². The van der Waals surface area contributed by atoms with Crippen LogP contribution >= 0.6 is 11.3 Å². The molecule has 1 aliphatic rings. The standard InChI is InChI=1S/C15H19F3N2O6S2/c1-4-25-13(22)20(28(23,24)15(16,17)18)10-5-8-27-11(10)9-19-7-6-14(2,3)26-12(19)21/h5,8H,4,6-7,9H2,1-3H3. The number of hydrogen-bond donors (Lipinski definition) is 0. The Morgan fingerprint density at radius 2 is 2.07 bits per heavy atom. The summed E-state index contributed by atoms with van der Waals surface area (Å²) < 4.78 is 72.5. The summed E-state index contributed by atoms with van der Waals surface area (Å²) >= 11 is 0.905. The van der Waals surface area contributed by atoms with Crippen molar-refractivity contribution in [2.45, 2.75) is 44.8 Å². The van der Waals surface area contributed by atoms with Crippen LogP contribution in [0.2, 0.25) is 0 Å². The van der Waals surface area contributed by atoms with E-state index in [4.69, 9.17) is 4.74 Å². The molecule has 158 valence electrons. The van der Waals surface area contributed by atoms with Crippen molar-refractivity contribution in [1.82, 2.24) is 4.90 Å². The van der Waals surface area contributed by atoms with Gasteiger partial charge in [0.25, 0.3) is 0 Å². The third-order valence-corrected chi connectivity index (χ3v) is 6.15. The van der Waals surface area contributed by atoms with Crippen LogP contribution < -0.4 is 4.31 Å². The summed E-state index contributed by atoms with van der Waals surface area (Å²) in [4.78, 5) is 25.5. The number of rotatable bonds is 5. The van der Waals surface area contributed by atoms with Crippen LogP contribution in [-0.4, -0.2) is 49.8 Å². The highest BCUT2D eigenvalue weighted by Gasteiger charge is 2.54. The van der Waals surface area contributed by atoms with E-state index in [0.29, 0.717) is 6.42 Å². The Kier molecular flexibility index (Phi) is 6.19. The second-order valence-electron chi connectivity index (χ2n) is 6.44. The molecule has 2 heterocycles. The largest absolute Gasteiger partial charge is 0.517 e. The van der Waals surface area contributed by atoms with Crippen LogP contribution in [0.5, 0.6) is 0 Å². The van der Waals surface area contributed by atoms with E-state index in [-0.39, 0.29) is 24.6 Å². The number of thiophene rings is 1. The van der Waals surface area contributed by atoms with Gasteiger partial charge in [-0.2, -0.15) is 25.9 Å². The van der Waals surface area contributed by atoms with Crippen molar-refractivity contribution in [3.8, 4) is 0 Å². The van der Waals surface area contributed by atoms with E-state index in [1.807, 2.05) is 0 Å². The Morgan fingerprint density at radius 3 is 2.61 bits per heavy atom.